The second kappa shape index (κ2) is 4.61. The Bertz CT molecular complexity index is 447. The monoisotopic (exact) mass is 214 g/mol. The van der Waals surface area contributed by atoms with Crippen LogP contribution in [0, 0.1) is 5.41 Å². The molecular formula is C12H14N4. The molecule has 4 nitrogen and oxygen atoms in total. The topological polar surface area (TPSA) is 67.7 Å². The molecule has 4 heteroatoms. The van der Waals surface area contributed by atoms with Crippen LogP contribution >= 0.6 is 0 Å². The van der Waals surface area contributed by atoms with Crippen LogP contribution in [0.3, 0.4) is 0 Å². The van der Waals surface area contributed by atoms with E-state index in [-0.39, 0.29) is 11.9 Å². The lowest BCUT2D eigenvalue weighted by molar-refractivity contribution is 0.537. The first-order chi connectivity index (χ1) is 7.77. The molecule has 0 saturated carbocycles. The van der Waals surface area contributed by atoms with Gasteiger partial charge in [0.1, 0.15) is 0 Å². The van der Waals surface area contributed by atoms with Crippen LogP contribution < -0.4 is 5.73 Å². The minimum atomic E-state index is 0.00806. The molecular weight excluding hydrogens is 200 g/mol. The minimum absolute atomic E-state index is 0.00806. The van der Waals surface area contributed by atoms with E-state index in [0.29, 0.717) is 6.42 Å². The van der Waals surface area contributed by atoms with Gasteiger partial charge in [-0.1, -0.05) is 30.3 Å². The number of nitrogens with two attached hydrogens (primary N) is 1. The molecule has 0 aliphatic rings. The molecule has 0 aliphatic carbocycles. The van der Waals surface area contributed by atoms with Gasteiger partial charge in [-0.3, -0.25) is 10.1 Å². The molecule has 0 amide bonds. The number of nitrogens with zero attached hydrogens (tertiary/aromatic N) is 2. The zero-order valence-corrected chi connectivity index (χ0v) is 8.88. The highest BCUT2D eigenvalue weighted by Gasteiger charge is 2.14. The first kappa shape index (κ1) is 10.4. The molecule has 0 saturated heterocycles. The molecule has 0 spiro atoms. The van der Waals surface area contributed by atoms with Crippen LogP contribution in [0.15, 0.2) is 48.8 Å². The third kappa shape index (κ3) is 2.28. The molecule has 0 radical (unpaired) electrons. The Morgan fingerprint density at radius 3 is 2.62 bits per heavy atom. The van der Waals surface area contributed by atoms with Gasteiger partial charge < -0.3 is 5.73 Å². The molecule has 3 N–H and O–H groups in total. The van der Waals surface area contributed by atoms with E-state index in [1.165, 1.54) is 0 Å². The van der Waals surface area contributed by atoms with Crippen LogP contribution in [0.25, 0.3) is 0 Å². The van der Waals surface area contributed by atoms with Crippen molar-refractivity contribution in [3.05, 3.63) is 54.4 Å². The number of hydrogen-bond acceptors (Lipinski definition) is 2. The van der Waals surface area contributed by atoms with Crippen molar-refractivity contribution in [1.29, 1.82) is 5.41 Å². The van der Waals surface area contributed by atoms with Crippen LogP contribution in [0.2, 0.25) is 0 Å². The van der Waals surface area contributed by atoms with Gasteiger partial charge in [-0.2, -0.15) is 5.10 Å². The summed E-state index contributed by atoms with van der Waals surface area (Å²) in [6.07, 6.45) is 4.10. The summed E-state index contributed by atoms with van der Waals surface area (Å²) < 4.78 is 1.83. The Morgan fingerprint density at radius 1 is 1.31 bits per heavy atom. The fourth-order valence-corrected chi connectivity index (χ4v) is 1.71. The number of benzene rings is 1. The first-order valence-corrected chi connectivity index (χ1v) is 5.14. The van der Waals surface area contributed by atoms with Crippen LogP contribution in [0.1, 0.15) is 18.0 Å². The predicted molar refractivity (Wildman–Crippen MR) is 63.3 cm³/mol. The molecule has 1 heterocycles. The summed E-state index contributed by atoms with van der Waals surface area (Å²) in [6, 6.07) is 11.9. The largest absolute Gasteiger partial charge is 0.388 e. The number of rotatable bonds is 4. The fourth-order valence-electron chi connectivity index (χ4n) is 1.71. The maximum Gasteiger partial charge on any atom is 0.0930 e. The number of hydrogen-bond donors (Lipinski definition) is 2. The van der Waals surface area contributed by atoms with Crippen molar-refractivity contribution >= 4 is 5.84 Å². The highest BCUT2D eigenvalue weighted by molar-refractivity contribution is 5.77. The van der Waals surface area contributed by atoms with Crippen LogP contribution in [-0.2, 0) is 0 Å². The third-order valence-electron chi connectivity index (χ3n) is 2.44. The smallest absolute Gasteiger partial charge is 0.0930 e. The Hall–Kier alpha value is -2.10. The lowest BCUT2D eigenvalue weighted by Crippen LogP contribution is -2.20. The molecule has 0 aliphatic heterocycles. The van der Waals surface area contributed by atoms with E-state index in [2.05, 4.69) is 5.10 Å². The summed E-state index contributed by atoms with van der Waals surface area (Å²) in [7, 11) is 0. The summed E-state index contributed by atoms with van der Waals surface area (Å²) >= 11 is 0. The van der Waals surface area contributed by atoms with E-state index in [1.807, 2.05) is 47.3 Å². The van der Waals surface area contributed by atoms with Gasteiger partial charge >= 0.3 is 0 Å². The highest BCUT2D eigenvalue weighted by Crippen LogP contribution is 2.20. The van der Waals surface area contributed by atoms with E-state index in [0.717, 1.165) is 5.56 Å². The molecule has 0 fully saturated rings. The fraction of sp³-hybridized carbons (Fsp3) is 0.167. The standard InChI is InChI=1S/C12H14N4/c13-12(14)9-11(16-8-4-7-15-16)10-5-2-1-3-6-10/h1-8,11H,9H2,(H3,13,14). The molecule has 2 aromatic rings. The zero-order valence-electron chi connectivity index (χ0n) is 8.88. The van der Waals surface area contributed by atoms with Gasteiger partial charge in [-0.15, -0.1) is 0 Å². The van der Waals surface area contributed by atoms with Gasteiger partial charge in [0, 0.05) is 18.8 Å². The Morgan fingerprint density at radius 2 is 2.06 bits per heavy atom. The number of aromatic nitrogens is 2. The maximum absolute atomic E-state index is 7.41. The SMILES string of the molecule is N=C(N)CC(c1ccccc1)n1cccn1. The highest BCUT2D eigenvalue weighted by atomic mass is 15.3. The average molecular weight is 214 g/mol. The molecule has 1 atom stereocenters. The summed E-state index contributed by atoms with van der Waals surface area (Å²) in [4.78, 5) is 0. The van der Waals surface area contributed by atoms with Crippen LogP contribution in [0.5, 0.6) is 0 Å². The van der Waals surface area contributed by atoms with E-state index in [4.69, 9.17) is 11.1 Å². The van der Waals surface area contributed by atoms with Crippen molar-refractivity contribution in [3.63, 3.8) is 0 Å². The van der Waals surface area contributed by atoms with Crippen LogP contribution in [0.4, 0.5) is 0 Å². The molecule has 16 heavy (non-hydrogen) atoms. The van der Waals surface area contributed by atoms with Crippen molar-refractivity contribution in [2.24, 2.45) is 5.73 Å². The number of amidine groups is 1. The van der Waals surface area contributed by atoms with Gasteiger partial charge in [-0.05, 0) is 11.6 Å². The number of nitrogens with one attached hydrogen (secondary N) is 1. The lowest BCUT2D eigenvalue weighted by atomic mass is 10.0. The molecule has 1 aromatic heterocycles. The van der Waals surface area contributed by atoms with Crippen molar-refractivity contribution < 1.29 is 0 Å². The maximum atomic E-state index is 7.41. The summed E-state index contributed by atoms with van der Waals surface area (Å²) in [5, 5.41) is 11.6. The van der Waals surface area contributed by atoms with Crippen molar-refractivity contribution in [1.82, 2.24) is 9.78 Å². The summed E-state index contributed by atoms with van der Waals surface area (Å²) in [5.41, 5.74) is 6.59. The van der Waals surface area contributed by atoms with Crippen molar-refractivity contribution in [2.75, 3.05) is 0 Å². The van der Waals surface area contributed by atoms with Gasteiger partial charge in [0.15, 0.2) is 0 Å². The van der Waals surface area contributed by atoms with Gasteiger partial charge in [-0.25, -0.2) is 0 Å². The second-order valence-electron chi connectivity index (χ2n) is 3.64. The van der Waals surface area contributed by atoms with E-state index in [1.54, 1.807) is 6.20 Å². The first-order valence-electron chi connectivity index (χ1n) is 5.14. The second-order valence-corrected chi connectivity index (χ2v) is 3.64. The summed E-state index contributed by atoms with van der Waals surface area (Å²) in [5.74, 6) is 0.171. The summed E-state index contributed by atoms with van der Waals surface area (Å²) in [6.45, 7) is 0. The molecule has 2 rings (SSSR count). The van der Waals surface area contributed by atoms with Gasteiger partial charge in [0.2, 0.25) is 0 Å². The molecule has 82 valence electrons. The molecule has 0 bridgehead atoms. The van der Waals surface area contributed by atoms with Crippen molar-refractivity contribution in [3.8, 4) is 0 Å². The molecule has 1 aromatic carbocycles. The predicted octanol–water partition coefficient (Wildman–Crippen LogP) is 1.80. The average Bonchev–Trinajstić information content (AvgIpc) is 2.80. The quantitative estimate of drug-likeness (QED) is 0.602. The van der Waals surface area contributed by atoms with Gasteiger partial charge in [0.05, 0.1) is 11.9 Å². The Kier molecular flexibility index (Phi) is 3.00. The Labute approximate surface area is 94.2 Å². The minimum Gasteiger partial charge on any atom is -0.388 e. The lowest BCUT2D eigenvalue weighted by Gasteiger charge is -2.17. The Balaban J connectivity index is 2.32. The normalized spacial score (nSPS) is 12.2. The van der Waals surface area contributed by atoms with Gasteiger partial charge in [0.25, 0.3) is 0 Å². The molecule has 1 unspecified atom stereocenters. The van der Waals surface area contributed by atoms with E-state index >= 15 is 0 Å². The van der Waals surface area contributed by atoms with Crippen LogP contribution in [-0.4, -0.2) is 15.6 Å². The van der Waals surface area contributed by atoms with E-state index in [9.17, 15) is 0 Å². The van der Waals surface area contributed by atoms with Crippen molar-refractivity contribution in [2.45, 2.75) is 12.5 Å². The van der Waals surface area contributed by atoms with E-state index < -0.39 is 0 Å². The zero-order chi connectivity index (χ0) is 11.4. The third-order valence-corrected chi connectivity index (χ3v) is 2.44.